The van der Waals surface area contributed by atoms with Crippen LogP contribution in [-0.2, 0) is 28.7 Å². The van der Waals surface area contributed by atoms with E-state index in [1.54, 1.807) is 20.8 Å². The number of thioether (sulfide) groups is 1. The van der Waals surface area contributed by atoms with Crippen molar-refractivity contribution >= 4 is 41.6 Å². The summed E-state index contributed by atoms with van der Waals surface area (Å²) < 4.78 is 10.8. The molecule has 1 aliphatic carbocycles. The molecule has 0 unspecified atom stereocenters. The van der Waals surface area contributed by atoms with E-state index < -0.39 is 60.5 Å². The lowest BCUT2D eigenvalue weighted by Gasteiger charge is -2.24. The molecule has 0 aliphatic heterocycles. The second kappa shape index (κ2) is 14.7. The molecule has 0 fully saturated rings. The first-order valence-electron chi connectivity index (χ1n) is 13.5. The minimum atomic E-state index is -1.42. The van der Waals surface area contributed by atoms with Gasteiger partial charge >= 0.3 is 18.0 Å². The predicted molar refractivity (Wildman–Crippen MR) is 158 cm³/mol. The van der Waals surface area contributed by atoms with Gasteiger partial charge in [0.2, 0.25) is 11.8 Å². The Hall–Kier alpha value is -4.06. The first-order chi connectivity index (χ1) is 19.9. The van der Waals surface area contributed by atoms with Crippen LogP contribution in [0.2, 0.25) is 0 Å². The van der Waals surface area contributed by atoms with Crippen molar-refractivity contribution in [3.8, 4) is 11.1 Å². The smallest absolute Gasteiger partial charge is 0.407 e. The van der Waals surface area contributed by atoms with Crippen LogP contribution in [0.1, 0.15) is 50.7 Å². The van der Waals surface area contributed by atoms with Crippen molar-refractivity contribution < 1.29 is 38.6 Å². The molecule has 0 heterocycles. The number of carboxylic acids is 1. The minimum Gasteiger partial charge on any atom is -0.480 e. The highest BCUT2D eigenvalue weighted by molar-refractivity contribution is 7.98. The Morgan fingerprint density at radius 3 is 2.05 bits per heavy atom. The maximum Gasteiger partial charge on any atom is 0.407 e. The second-order valence-electron chi connectivity index (χ2n) is 10.8. The molecule has 2 aromatic rings. The summed E-state index contributed by atoms with van der Waals surface area (Å²) in [6.45, 7) is 4.31. The summed E-state index contributed by atoms with van der Waals surface area (Å²) in [5, 5.41) is 16.1. The second-order valence-corrected chi connectivity index (χ2v) is 11.8. The summed E-state index contributed by atoms with van der Waals surface area (Å²) in [6.07, 6.45) is 0.714. The fraction of sp³-hybridized carbons (Fsp3) is 0.433. The van der Waals surface area contributed by atoms with Gasteiger partial charge in [-0.1, -0.05) is 48.5 Å². The number of alkyl carbamates (subject to hydrolysis) is 1. The van der Waals surface area contributed by atoms with Gasteiger partial charge in [-0.15, -0.1) is 0 Å². The Balaban J connectivity index is 1.68. The van der Waals surface area contributed by atoms with E-state index in [1.807, 2.05) is 54.8 Å². The highest BCUT2D eigenvalue weighted by Crippen LogP contribution is 2.44. The number of fused-ring (bicyclic) bond motifs is 3. The Labute approximate surface area is 249 Å². The first kappa shape index (κ1) is 32.5. The van der Waals surface area contributed by atoms with Crippen molar-refractivity contribution in [1.29, 1.82) is 0 Å². The summed E-state index contributed by atoms with van der Waals surface area (Å²) in [5.74, 6) is -3.32. The third-order valence-corrected chi connectivity index (χ3v) is 7.04. The molecule has 0 saturated heterocycles. The third kappa shape index (κ3) is 9.23. The van der Waals surface area contributed by atoms with Gasteiger partial charge in [0.05, 0.1) is 6.42 Å². The standard InChI is InChI=1S/C30H37N3O8S/c1-30(2,3)41-26(36)15-24(27(37)31-16-25(34)35)32-28(38)23(13-14-42-4)33-29(39)40-17-22-20-11-7-5-9-18(20)19-10-6-8-12-21(19)22/h5-12,22-24H,13-17H2,1-4H3,(H,31,37)(H,32,38)(H,33,39)(H,34,35)/t23-,24-/m0/s1. The molecule has 2 aromatic carbocycles. The molecule has 42 heavy (non-hydrogen) atoms. The average Bonchev–Trinajstić information content (AvgIpc) is 3.25. The summed E-state index contributed by atoms with van der Waals surface area (Å²) in [5.41, 5.74) is 3.41. The molecule has 0 saturated carbocycles. The van der Waals surface area contributed by atoms with Crippen molar-refractivity contribution in [2.45, 2.75) is 57.2 Å². The fourth-order valence-electron chi connectivity index (χ4n) is 4.60. The van der Waals surface area contributed by atoms with Crippen molar-refractivity contribution in [3.63, 3.8) is 0 Å². The number of ether oxygens (including phenoxy) is 2. The topological polar surface area (TPSA) is 160 Å². The van der Waals surface area contributed by atoms with Crippen LogP contribution in [0.3, 0.4) is 0 Å². The molecule has 0 bridgehead atoms. The van der Waals surface area contributed by atoms with Gasteiger partial charge in [-0.05, 0) is 61.5 Å². The van der Waals surface area contributed by atoms with Crippen molar-refractivity contribution in [2.24, 2.45) is 0 Å². The van der Waals surface area contributed by atoms with Gasteiger partial charge in [0, 0.05) is 5.92 Å². The van der Waals surface area contributed by atoms with Crippen LogP contribution in [-0.4, -0.2) is 77.8 Å². The highest BCUT2D eigenvalue weighted by atomic mass is 32.2. The van der Waals surface area contributed by atoms with Crippen LogP contribution in [0.5, 0.6) is 0 Å². The van der Waals surface area contributed by atoms with Gasteiger partial charge in [0.15, 0.2) is 0 Å². The van der Waals surface area contributed by atoms with E-state index in [4.69, 9.17) is 14.6 Å². The zero-order chi connectivity index (χ0) is 30.9. The highest BCUT2D eigenvalue weighted by Gasteiger charge is 2.32. The van der Waals surface area contributed by atoms with Crippen LogP contribution in [0, 0.1) is 0 Å². The van der Waals surface area contributed by atoms with E-state index in [-0.39, 0.29) is 18.9 Å². The monoisotopic (exact) mass is 599 g/mol. The number of amides is 3. The number of carbonyl (C=O) groups excluding carboxylic acids is 4. The first-order valence-corrected chi connectivity index (χ1v) is 14.9. The van der Waals surface area contributed by atoms with Crippen LogP contribution in [0.15, 0.2) is 48.5 Å². The molecule has 12 heteroatoms. The minimum absolute atomic E-state index is 0.0512. The molecule has 0 aromatic heterocycles. The number of hydrogen-bond donors (Lipinski definition) is 4. The van der Waals surface area contributed by atoms with Crippen LogP contribution in [0.4, 0.5) is 4.79 Å². The van der Waals surface area contributed by atoms with Crippen molar-refractivity contribution in [1.82, 2.24) is 16.0 Å². The van der Waals surface area contributed by atoms with E-state index in [0.29, 0.717) is 5.75 Å². The normalized spacial score (nSPS) is 13.6. The number of carboxylic acid groups (broad SMARTS) is 1. The van der Waals surface area contributed by atoms with Gasteiger partial charge in [-0.2, -0.15) is 11.8 Å². The van der Waals surface area contributed by atoms with Gasteiger partial charge in [0.1, 0.15) is 30.8 Å². The largest absolute Gasteiger partial charge is 0.480 e. The van der Waals surface area contributed by atoms with Crippen LogP contribution < -0.4 is 16.0 Å². The number of aliphatic carboxylic acids is 1. The van der Waals surface area contributed by atoms with Gasteiger partial charge in [0.25, 0.3) is 0 Å². The Kier molecular flexibility index (Phi) is 11.4. The molecule has 1 aliphatic rings. The zero-order valence-corrected chi connectivity index (χ0v) is 24.9. The average molecular weight is 600 g/mol. The molecule has 226 valence electrons. The lowest BCUT2D eigenvalue weighted by atomic mass is 9.98. The molecule has 2 atom stereocenters. The molecule has 3 rings (SSSR count). The number of nitrogens with one attached hydrogen (secondary N) is 3. The number of benzene rings is 2. The fourth-order valence-corrected chi connectivity index (χ4v) is 5.08. The zero-order valence-electron chi connectivity index (χ0n) is 24.1. The van der Waals surface area contributed by atoms with E-state index in [0.717, 1.165) is 22.3 Å². The molecular formula is C30H37N3O8S. The maximum atomic E-state index is 13.3. The lowest BCUT2D eigenvalue weighted by molar-refractivity contribution is -0.156. The third-order valence-electron chi connectivity index (χ3n) is 6.40. The van der Waals surface area contributed by atoms with E-state index in [1.165, 1.54) is 11.8 Å². The number of carbonyl (C=O) groups is 5. The van der Waals surface area contributed by atoms with E-state index in [2.05, 4.69) is 16.0 Å². The summed E-state index contributed by atoms with van der Waals surface area (Å²) in [4.78, 5) is 62.2. The van der Waals surface area contributed by atoms with Gasteiger partial charge in [-0.3, -0.25) is 19.2 Å². The van der Waals surface area contributed by atoms with Crippen LogP contribution in [0.25, 0.3) is 11.1 Å². The summed E-state index contributed by atoms with van der Waals surface area (Å²) >= 11 is 1.46. The Morgan fingerprint density at radius 2 is 1.50 bits per heavy atom. The molecule has 4 N–H and O–H groups in total. The Bertz CT molecular complexity index is 1260. The summed E-state index contributed by atoms with van der Waals surface area (Å²) in [7, 11) is 0. The van der Waals surface area contributed by atoms with Gasteiger partial charge in [-0.25, -0.2) is 4.79 Å². The Morgan fingerprint density at radius 1 is 0.905 bits per heavy atom. The quantitative estimate of drug-likeness (QED) is 0.254. The number of esters is 1. The van der Waals surface area contributed by atoms with Crippen molar-refractivity contribution in [3.05, 3.63) is 59.7 Å². The predicted octanol–water partition coefficient (Wildman–Crippen LogP) is 3.06. The molecule has 0 spiro atoms. The van der Waals surface area contributed by atoms with E-state index >= 15 is 0 Å². The molecule has 0 radical (unpaired) electrons. The van der Waals surface area contributed by atoms with Crippen molar-refractivity contribution in [2.75, 3.05) is 25.2 Å². The number of hydrogen-bond acceptors (Lipinski definition) is 8. The maximum absolute atomic E-state index is 13.3. The lowest BCUT2D eigenvalue weighted by Crippen LogP contribution is -2.55. The molecule has 3 amide bonds. The summed E-state index contributed by atoms with van der Waals surface area (Å²) in [6, 6.07) is 13.3. The van der Waals surface area contributed by atoms with Gasteiger partial charge < -0.3 is 30.5 Å². The molecular weight excluding hydrogens is 562 g/mol. The molecule has 11 nitrogen and oxygen atoms in total. The van der Waals surface area contributed by atoms with E-state index in [9.17, 15) is 24.0 Å². The van der Waals surface area contributed by atoms with Crippen LogP contribution >= 0.6 is 11.8 Å². The SMILES string of the molecule is CSCC[C@H](NC(=O)OCC1c2ccccc2-c2ccccc21)C(=O)N[C@@H](CC(=O)OC(C)(C)C)C(=O)NCC(=O)O. The number of rotatable bonds is 13.